The van der Waals surface area contributed by atoms with Crippen molar-refractivity contribution in [3.05, 3.63) is 47.7 Å². The van der Waals surface area contributed by atoms with E-state index in [9.17, 15) is 5.11 Å². The van der Waals surface area contributed by atoms with Gasteiger partial charge in [-0.15, -0.1) is 0 Å². The predicted molar refractivity (Wildman–Crippen MR) is 73.5 cm³/mol. The van der Waals surface area contributed by atoms with Crippen molar-refractivity contribution in [3.8, 4) is 5.88 Å². The molecule has 0 spiro atoms. The summed E-state index contributed by atoms with van der Waals surface area (Å²) in [5, 5.41) is 10.6. The van der Waals surface area contributed by atoms with Crippen LogP contribution in [0.2, 0.25) is 0 Å². The fourth-order valence-electron chi connectivity index (χ4n) is 2.79. The number of nitrogens with zero attached hydrogens (tertiary/aromatic N) is 3. The summed E-state index contributed by atoms with van der Waals surface area (Å²) in [6, 6.07) is 5.71. The number of aromatic nitrogens is 3. The minimum absolute atomic E-state index is 0.0143. The zero-order chi connectivity index (χ0) is 13.9. The van der Waals surface area contributed by atoms with Crippen LogP contribution in [0.5, 0.6) is 5.88 Å². The second-order valence-corrected chi connectivity index (χ2v) is 4.98. The maximum Gasteiger partial charge on any atom is 0.216 e. The van der Waals surface area contributed by atoms with E-state index in [-0.39, 0.29) is 5.92 Å². The zero-order valence-corrected chi connectivity index (χ0v) is 11.4. The van der Waals surface area contributed by atoms with Gasteiger partial charge in [0, 0.05) is 23.9 Å². The topological polar surface area (TPSA) is 68.1 Å². The Morgan fingerprint density at radius 2 is 2.25 bits per heavy atom. The molecule has 2 aromatic heterocycles. The van der Waals surface area contributed by atoms with Crippen molar-refractivity contribution in [3.63, 3.8) is 0 Å². The quantitative estimate of drug-likeness (QED) is 0.925. The standard InChI is InChI=1S/C15H17N3O2/c1-20-13-8-12(17-9-18-13)15(19)11-6-2-4-10-5-3-7-16-14(10)11/h3,5,7-9,11,15,19H,2,4,6H2,1H3. The van der Waals surface area contributed by atoms with Gasteiger partial charge in [0.15, 0.2) is 0 Å². The van der Waals surface area contributed by atoms with Gasteiger partial charge in [0.1, 0.15) is 12.4 Å². The molecule has 0 bridgehead atoms. The number of hydrogen-bond donors (Lipinski definition) is 1. The zero-order valence-electron chi connectivity index (χ0n) is 11.4. The van der Waals surface area contributed by atoms with Crippen LogP contribution >= 0.6 is 0 Å². The number of methoxy groups -OCH3 is 1. The van der Waals surface area contributed by atoms with E-state index >= 15 is 0 Å². The molecule has 20 heavy (non-hydrogen) atoms. The van der Waals surface area contributed by atoms with Gasteiger partial charge < -0.3 is 9.84 Å². The van der Waals surface area contributed by atoms with Crippen molar-refractivity contribution in [2.45, 2.75) is 31.3 Å². The van der Waals surface area contributed by atoms with E-state index in [0.29, 0.717) is 11.6 Å². The second kappa shape index (κ2) is 5.54. The molecule has 0 aromatic carbocycles. The Morgan fingerprint density at radius 1 is 1.35 bits per heavy atom. The highest BCUT2D eigenvalue weighted by Gasteiger charge is 2.29. The fraction of sp³-hybridized carbons (Fsp3) is 0.400. The van der Waals surface area contributed by atoms with Crippen LogP contribution in [0.4, 0.5) is 0 Å². The second-order valence-electron chi connectivity index (χ2n) is 4.98. The first kappa shape index (κ1) is 13.0. The van der Waals surface area contributed by atoms with Crippen LogP contribution in [0.1, 0.15) is 41.8 Å². The Balaban J connectivity index is 1.93. The molecule has 5 nitrogen and oxygen atoms in total. The number of rotatable bonds is 3. The van der Waals surface area contributed by atoms with Gasteiger partial charge in [-0.05, 0) is 30.9 Å². The molecule has 1 aliphatic carbocycles. The molecule has 0 saturated carbocycles. The summed E-state index contributed by atoms with van der Waals surface area (Å²) in [6.07, 6.45) is 5.52. The van der Waals surface area contributed by atoms with Crippen LogP contribution in [0.25, 0.3) is 0 Å². The van der Waals surface area contributed by atoms with Crippen LogP contribution in [0, 0.1) is 0 Å². The molecule has 5 heteroatoms. The minimum atomic E-state index is -0.680. The Bertz CT molecular complexity index is 603. The molecule has 2 heterocycles. The van der Waals surface area contributed by atoms with Crippen molar-refractivity contribution < 1.29 is 9.84 Å². The number of aryl methyl sites for hydroxylation is 1. The molecule has 2 unspecified atom stereocenters. The highest BCUT2D eigenvalue weighted by molar-refractivity contribution is 5.29. The summed E-state index contributed by atoms with van der Waals surface area (Å²) in [6.45, 7) is 0. The first-order chi connectivity index (χ1) is 9.79. The van der Waals surface area contributed by atoms with Crippen molar-refractivity contribution in [2.24, 2.45) is 0 Å². The highest BCUT2D eigenvalue weighted by Crippen LogP contribution is 2.38. The van der Waals surface area contributed by atoms with Crippen molar-refractivity contribution >= 4 is 0 Å². The number of aliphatic hydroxyl groups is 1. The minimum Gasteiger partial charge on any atom is -0.481 e. The van der Waals surface area contributed by atoms with Gasteiger partial charge in [0.2, 0.25) is 5.88 Å². The largest absolute Gasteiger partial charge is 0.481 e. The summed E-state index contributed by atoms with van der Waals surface area (Å²) in [5.74, 6) is 0.450. The third-order valence-corrected chi connectivity index (χ3v) is 3.79. The lowest BCUT2D eigenvalue weighted by molar-refractivity contribution is 0.129. The normalized spacial score (nSPS) is 19.2. The van der Waals surface area contributed by atoms with Gasteiger partial charge in [-0.3, -0.25) is 4.98 Å². The van der Waals surface area contributed by atoms with Crippen LogP contribution < -0.4 is 4.74 Å². The monoisotopic (exact) mass is 271 g/mol. The Morgan fingerprint density at radius 3 is 3.10 bits per heavy atom. The lowest BCUT2D eigenvalue weighted by Gasteiger charge is -2.27. The Hall–Kier alpha value is -2.01. The van der Waals surface area contributed by atoms with Crippen molar-refractivity contribution in [1.29, 1.82) is 0 Å². The van der Waals surface area contributed by atoms with E-state index in [1.54, 1.807) is 19.4 Å². The van der Waals surface area contributed by atoms with Gasteiger partial charge in [0.05, 0.1) is 12.8 Å². The van der Waals surface area contributed by atoms with Crippen molar-refractivity contribution in [1.82, 2.24) is 15.0 Å². The third kappa shape index (κ3) is 2.36. The molecule has 0 radical (unpaired) electrons. The van der Waals surface area contributed by atoms with E-state index in [1.807, 2.05) is 6.07 Å². The van der Waals surface area contributed by atoms with Crippen LogP contribution in [0.15, 0.2) is 30.7 Å². The van der Waals surface area contributed by atoms with E-state index < -0.39 is 6.10 Å². The average Bonchev–Trinajstić information content (AvgIpc) is 2.53. The summed E-state index contributed by atoms with van der Waals surface area (Å²) in [5.41, 5.74) is 2.80. The summed E-state index contributed by atoms with van der Waals surface area (Å²) in [4.78, 5) is 12.6. The van der Waals surface area contributed by atoms with Crippen LogP contribution in [0.3, 0.4) is 0 Å². The molecular weight excluding hydrogens is 254 g/mol. The summed E-state index contributed by atoms with van der Waals surface area (Å²) in [7, 11) is 1.55. The number of aliphatic hydroxyl groups excluding tert-OH is 1. The fourth-order valence-corrected chi connectivity index (χ4v) is 2.79. The number of ether oxygens (including phenoxy) is 1. The third-order valence-electron chi connectivity index (χ3n) is 3.79. The summed E-state index contributed by atoms with van der Waals surface area (Å²) >= 11 is 0. The molecule has 104 valence electrons. The highest BCUT2D eigenvalue weighted by atomic mass is 16.5. The van der Waals surface area contributed by atoms with Gasteiger partial charge in [-0.25, -0.2) is 9.97 Å². The van der Waals surface area contributed by atoms with Crippen LogP contribution in [-0.2, 0) is 6.42 Å². The van der Waals surface area contributed by atoms with Gasteiger partial charge in [-0.2, -0.15) is 0 Å². The first-order valence-corrected chi connectivity index (χ1v) is 6.77. The molecule has 2 aromatic rings. The molecule has 0 aliphatic heterocycles. The molecule has 3 rings (SSSR count). The van der Waals surface area contributed by atoms with Crippen LogP contribution in [-0.4, -0.2) is 27.2 Å². The Kier molecular flexibility index (Phi) is 3.60. The first-order valence-electron chi connectivity index (χ1n) is 6.77. The maximum absolute atomic E-state index is 10.6. The SMILES string of the molecule is COc1cc(C(O)C2CCCc3cccnc32)ncn1. The Labute approximate surface area is 117 Å². The predicted octanol–water partition coefficient (Wildman–Crippen LogP) is 2.03. The molecular formula is C15H17N3O2. The molecule has 2 atom stereocenters. The lowest BCUT2D eigenvalue weighted by Crippen LogP contribution is -2.19. The smallest absolute Gasteiger partial charge is 0.216 e. The van der Waals surface area contributed by atoms with E-state index in [0.717, 1.165) is 25.0 Å². The molecule has 1 N–H and O–H groups in total. The number of pyridine rings is 1. The van der Waals surface area contributed by atoms with Crippen molar-refractivity contribution in [2.75, 3.05) is 7.11 Å². The number of fused-ring (bicyclic) bond motifs is 1. The number of hydrogen-bond acceptors (Lipinski definition) is 5. The summed E-state index contributed by atoms with van der Waals surface area (Å²) < 4.78 is 5.08. The van der Waals surface area contributed by atoms with Gasteiger partial charge in [-0.1, -0.05) is 6.07 Å². The average molecular weight is 271 g/mol. The van der Waals surface area contributed by atoms with Gasteiger partial charge >= 0.3 is 0 Å². The molecule has 0 saturated heterocycles. The maximum atomic E-state index is 10.6. The van der Waals surface area contributed by atoms with E-state index in [2.05, 4.69) is 21.0 Å². The molecule has 0 amide bonds. The molecule has 0 fully saturated rings. The molecule has 1 aliphatic rings. The van der Waals surface area contributed by atoms with E-state index in [1.165, 1.54) is 11.9 Å². The lowest BCUT2D eigenvalue weighted by atomic mass is 9.82. The van der Waals surface area contributed by atoms with Gasteiger partial charge in [0.25, 0.3) is 0 Å². The van der Waals surface area contributed by atoms with E-state index in [4.69, 9.17) is 4.74 Å².